The number of carbonyl (C=O) groups excluding carboxylic acids is 1. The molecule has 0 aliphatic rings. The molecule has 2 unspecified atom stereocenters. The van der Waals surface area contributed by atoms with Crippen molar-refractivity contribution in [3.05, 3.63) is 0 Å². The van der Waals surface area contributed by atoms with Crippen LogP contribution < -0.4 is 10.6 Å². The van der Waals surface area contributed by atoms with Crippen LogP contribution in [0, 0.1) is 5.92 Å². The number of nitrogens with one attached hydrogen (secondary N) is 2. The van der Waals surface area contributed by atoms with Gasteiger partial charge in [0.05, 0.1) is 5.54 Å². The lowest BCUT2D eigenvalue weighted by Gasteiger charge is -2.28. The Kier molecular flexibility index (Phi) is 5.83. The van der Waals surface area contributed by atoms with Crippen LogP contribution in [0.5, 0.6) is 0 Å². The van der Waals surface area contributed by atoms with E-state index in [1.54, 1.807) is 0 Å². The Balaban J connectivity index is 4.23. The average Bonchev–Trinajstić information content (AvgIpc) is 2.16. The maximum Gasteiger partial charge on any atom is 0.239 e. The van der Waals surface area contributed by atoms with E-state index in [1.807, 2.05) is 34.6 Å². The van der Waals surface area contributed by atoms with Crippen molar-refractivity contribution in [2.75, 3.05) is 13.2 Å². The highest BCUT2D eigenvalue weighted by Gasteiger charge is 2.28. The lowest BCUT2D eigenvalue weighted by Crippen LogP contribution is -2.55. The van der Waals surface area contributed by atoms with E-state index >= 15 is 0 Å². The fourth-order valence-corrected chi connectivity index (χ4v) is 1.21. The van der Waals surface area contributed by atoms with Crippen molar-refractivity contribution >= 4 is 5.91 Å². The van der Waals surface area contributed by atoms with Gasteiger partial charge in [-0.25, -0.2) is 0 Å². The lowest BCUT2D eigenvalue weighted by molar-refractivity contribution is -0.127. The summed E-state index contributed by atoms with van der Waals surface area (Å²) in [5.41, 5.74) is -0.557. The fraction of sp³-hybridized carbons (Fsp3) is 0.909. The summed E-state index contributed by atoms with van der Waals surface area (Å²) in [5, 5.41) is 15.0. The van der Waals surface area contributed by atoms with Crippen LogP contribution in [0.4, 0.5) is 0 Å². The highest BCUT2D eigenvalue weighted by molar-refractivity contribution is 5.85. The number of likely N-dealkylation sites (N-methyl/N-ethyl adjacent to an activating group) is 1. The van der Waals surface area contributed by atoms with Crippen molar-refractivity contribution in [2.24, 2.45) is 5.92 Å². The van der Waals surface area contributed by atoms with Gasteiger partial charge in [0.2, 0.25) is 5.91 Å². The molecule has 3 N–H and O–H groups in total. The van der Waals surface area contributed by atoms with Gasteiger partial charge in [-0.15, -0.1) is 0 Å². The van der Waals surface area contributed by atoms with E-state index in [2.05, 4.69) is 10.6 Å². The first-order valence-electron chi connectivity index (χ1n) is 5.52. The zero-order valence-electron chi connectivity index (χ0n) is 10.4. The molecule has 0 radical (unpaired) electrons. The molecule has 4 nitrogen and oxygen atoms in total. The number of rotatable bonds is 6. The van der Waals surface area contributed by atoms with Gasteiger partial charge in [0.25, 0.3) is 0 Å². The molecule has 90 valence electrons. The topological polar surface area (TPSA) is 61.4 Å². The molecule has 0 spiro atoms. The van der Waals surface area contributed by atoms with E-state index in [4.69, 9.17) is 5.11 Å². The van der Waals surface area contributed by atoms with Crippen LogP contribution in [0.1, 0.15) is 34.6 Å². The van der Waals surface area contributed by atoms with Crippen LogP contribution in [-0.4, -0.2) is 35.7 Å². The summed E-state index contributed by atoms with van der Waals surface area (Å²) in [6, 6.07) is -0.0135. The predicted octanol–water partition coefficient (Wildman–Crippen LogP) is 0.508. The second-order valence-corrected chi connectivity index (χ2v) is 4.58. The summed E-state index contributed by atoms with van der Waals surface area (Å²) in [4.78, 5) is 11.8. The Bertz CT molecular complexity index is 205. The van der Waals surface area contributed by atoms with Crippen LogP contribution in [0.2, 0.25) is 0 Å². The molecule has 0 aromatic rings. The summed E-state index contributed by atoms with van der Waals surface area (Å²) in [5.74, 6) is 0.0449. The lowest BCUT2D eigenvalue weighted by atomic mass is 10.0. The van der Waals surface area contributed by atoms with Gasteiger partial charge in [0.1, 0.15) is 0 Å². The molecule has 0 aliphatic heterocycles. The van der Waals surface area contributed by atoms with Crippen molar-refractivity contribution in [3.8, 4) is 0 Å². The molecule has 0 rings (SSSR count). The Labute approximate surface area is 92.4 Å². The maximum atomic E-state index is 11.8. The van der Waals surface area contributed by atoms with Crippen molar-refractivity contribution < 1.29 is 9.90 Å². The number of hydrogen-bond acceptors (Lipinski definition) is 3. The molecule has 0 heterocycles. The van der Waals surface area contributed by atoms with E-state index in [-0.39, 0.29) is 24.5 Å². The normalized spacial score (nSPS) is 15.9. The SMILES string of the molecule is CCNC(C)(C)C(=O)NC(C)C(C)CO. The first kappa shape index (κ1) is 14.4. The molecule has 0 aliphatic carbocycles. The average molecular weight is 216 g/mol. The first-order valence-corrected chi connectivity index (χ1v) is 5.52. The molecule has 0 saturated heterocycles. The van der Waals surface area contributed by atoms with Crippen LogP contribution in [-0.2, 0) is 4.79 Å². The first-order chi connectivity index (χ1) is 6.85. The van der Waals surface area contributed by atoms with Gasteiger partial charge in [0, 0.05) is 12.6 Å². The molecule has 1 amide bonds. The van der Waals surface area contributed by atoms with E-state index in [1.165, 1.54) is 0 Å². The molecule has 0 bridgehead atoms. The quantitative estimate of drug-likeness (QED) is 0.606. The van der Waals surface area contributed by atoms with Gasteiger partial charge >= 0.3 is 0 Å². The minimum Gasteiger partial charge on any atom is -0.396 e. The van der Waals surface area contributed by atoms with Crippen LogP contribution in [0.3, 0.4) is 0 Å². The van der Waals surface area contributed by atoms with Crippen LogP contribution >= 0.6 is 0 Å². The van der Waals surface area contributed by atoms with E-state index in [0.717, 1.165) is 6.54 Å². The molecule has 4 heteroatoms. The van der Waals surface area contributed by atoms with Gasteiger partial charge in [-0.2, -0.15) is 0 Å². The Morgan fingerprint density at radius 3 is 2.33 bits per heavy atom. The van der Waals surface area contributed by atoms with Gasteiger partial charge < -0.3 is 15.7 Å². The third-order valence-corrected chi connectivity index (χ3v) is 2.69. The largest absolute Gasteiger partial charge is 0.396 e. The Morgan fingerprint density at radius 2 is 1.93 bits per heavy atom. The van der Waals surface area contributed by atoms with Crippen molar-refractivity contribution in [2.45, 2.75) is 46.2 Å². The molecule has 15 heavy (non-hydrogen) atoms. The Morgan fingerprint density at radius 1 is 1.40 bits per heavy atom. The Hall–Kier alpha value is -0.610. The zero-order valence-corrected chi connectivity index (χ0v) is 10.4. The molecule has 0 saturated carbocycles. The van der Waals surface area contributed by atoms with Gasteiger partial charge in [-0.05, 0) is 33.2 Å². The number of aliphatic hydroxyl groups is 1. The predicted molar refractivity (Wildman–Crippen MR) is 61.6 cm³/mol. The molecule has 0 aromatic heterocycles. The van der Waals surface area contributed by atoms with E-state index < -0.39 is 5.54 Å². The second-order valence-electron chi connectivity index (χ2n) is 4.58. The van der Waals surface area contributed by atoms with Gasteiger partial charge in [-0.1, -0.05) is 13.8 Å². The summed E-state index contributed by atoms with van der Waals surface area (Å²) >= 11 is 0. The van der Waals surface area contributed by atoms with Gasteiger partial charge in [0.15, 0.2) is 0 Å². The maximum absolute atomic E-state index is 11.8. The summed E-state index contributed by atoms with van der Waals surface area (Å²) in [6.07, 6.45) is 0. The molecular weight excluding hydrogens is 192 g/mol. The van der Waals surface area contributed by atoms with Crippen molar-refractivity contribution in [3.63, 3.8) is 0 Å². The zero-order chi connectivity index (χ0) is 12.1. The minimum atomic E-state index is -0.557. The van der Waals surface area contributed by atoms with Crippen LogP contribution in [0.25, 0.3) is 0 Å². The number of amides is 1. The third-order valence-electron chi connectivity index (χ3n) is 2.69. The number of carbonyl (C=O) groups is 1. The summed E-state index contributed by atoms with van der Waals surface area (Å²) < 4.78 is 0. The summed E-state index contributed by atoms with van der Waals surface area (Å²) in [6.45, 7) is 10.3. The summed E-state index contributed by atoms with van der Waals surface area (Å²) in [7, 11) is 0. The molecule has 0 aromatic carbocycles. The second kappa shape index (κ2) is 6.08. The highest BCUT2D eigenvalue weighted by atomic mass is 16.3. The van der Waals surface area contributed by atoms with Crippen molar-refractivity contribution in [1.29, 1.82) is 0 Å². The van der Waals surface area contributed by atoms with E-state index in [9.17, 15) is 4.79 Å². The highest BCUT2D eigenvalue weighted by Crippen LogP contribution is 2.06. The van der Waals surface area contributed by atoms with Crippen LogP contribution in [0.15, 0.2) is 0 Å². The monoisotopic (exact) mass is 216 g/mol. The smallest absolute Gasteiger partial charge is 0.239 e. The minimum absolute atomic E-state index is 0.0135. The molecule has 2 atom stereocenters. The molecular formula is C11H24N2O2. The van der Waals surface area contributed by atoms with E-state index in [0.29, 0.717) is 0 Å². The number of aliphatic hydroxyl groups excluding tert-OH is 1. The standard InChI is InChI=1S/C11H24N2O2/c1-6-12-11(4,5)10(15)13-9(3)8(2)7-14/h8-9,12,14H,6-7H2,1-5H3,(H,13,15). The molecule has 0 fully saturated rings. The fourth-order valence-electron chi connectivity index (χ4n) is 1.21. The van der Waals surface area contributed by atoms with Crippen molar-refractivity contribution in [1.82, 2.24) is 10.6 Å². The third kappa shape index (κ3) is 4.62. The van der Waals surface area contributed by atoms with Gasteiger partial charge in [-0.3, -0.25) is 4.79 Å². The number of hydrogen-bond donors (Lipinski definition) is 3.